The molecule has 1 nitrogen and oxygen atoms in total. The molecule has 0 fully saturated rings. The Hall–Kier alpha value is -0.780. The minimum atomic E-state index is -0.479. The molecule has 0 radical (unpaired) electrons. The van der Waals surface area contributed by atoms with Crippen molar-refractivity contribution in [3.05, 3.63) is 67.6 Å². The molecule has 0 aliphatic carbocycles. The van der Waals surface area contributed by atoms with Crippen molar-refractivity contribution in [1.82, 2.24) is 5.32 Å². The van der Waals surface area contributed by atoms with Gasteiger partial charge in [0.25, 0.3) is 0 Å². The van der Waals surface area contributed by atoms with Crippen LogP contribution in [0, 0.1) is 18.6 Å². The second-order valence-electron chi connectivity index (χ2n) is 4.52. The number of rotatable bonds is 3. The number of halogens is 4. The second kappa shape index (κ2) is 6.33. The van der Waals surface area contributed by atoms with Crippen molar-refractivity contribution in [3.8, 4) is 0 Å². The molecular weight excluding hydrogens is 392 g/mol. The summed E-state index contributed by atoms with van der Waals surface area (Å²) >= 11 is 6.44. The van der Waals surface area contributed by atoms with E-state index in [1.54, 1.807) is 7.05 Å². The molecule has 0 spiro atoms. The number of aryl methyl sites for hydroxylation is 1. The maximum atomic E-state index is 14.1. The van der Waals surface area contributed by atoms with Crippen molar-refractivity contribution in [2.24, 2.45) is 0 Å². The SMILES string of the molecule is CNC(c1ccc(C)c(Br)c1)c1cc(F)c(Br)cc1F. The van der Waals surface area contributed by atoms with Gasteiger partial charge in [-0.05, 0) is 59.2 Å². The fraction of sp³-hybridized carbons (Fsp3) is 0.200. The highest BCUT2D eigenvalue weighted by Gasteiger charge is 2.19. The number of nitrogens with one attached hydrogen (secondary N) is 1. The normalized spacial score (nSPS) is 12.5. The maximum Gasteiger partial charge on any atom is 0.137 e. The van der Waals surface area contributed by atoms with E-state index in [4.69, 9.17) is 0 Å². The largest absolute Gasteiger partial charge is 0.309 e. The van der Waals surface area contributed by atoms with E-state index < -0.39 is 17.7 Å². The zero-order valence-corrected chi connectivity index (χ0v) is 14.1. The molecule has 2 aromatic carbocycles. The van der Waals surface area contributed by atoms with Gasteiger partial charge in [-0.1, -0.05) is 28.1 Å². The van der Waals surface area contributed by atoms with Crippen molar-refractivity contribution in [2.45, 2.75) is 13.0 Å². The average Bonchev–Trinajstić information content (AvgIpc) is 2.40. The van der Waals surface area contributed by atoms with Crippen molar-refractivity contribution in [3.63, 3.8) is 0 Å². The van der Waals surface area contributed by atoms with E-state index in [0.29, 0.717) is 0 Å². The third-order valence-corrected chi connectivity index (χ3v) is 4.63. The molecule has 1 unspecified atom stereocenters. The van der Waals surface area contributed by atoms with Gasteiger partial charge in [-0.25, -0.2) is 8.78 Å². The second-order valence-corrected chi connectivity index (χ2v) is 6.23. The van der Waals surface area contributed by atoms with Gasteiger partial charge in [0.2, 0.25) is 0 Å². The molecule has 0 bridgehead atoms. The summed E-state index contributed by atoms with van der Waals surface area (Å²) in [6.07, 6.45) is 0. The van der Waals surface area contributed by atoms with E-state index in [1.807, 2.05) is 25.1 Å². The van der Waals surface area contributed by atoms with Gasteiger partial charge in [0, 0.05) is 10.0 Å². The fourth-order valence-electron chi connectivity index (χ4n) is 2.05. The van der Waals surface area contributed by atoms with E-state index in [-0.39, 0.29) is 10.0 Å². The van der Waals surface area contributed by atoms with Crippen molar-refractivity contribution in [2.75, 3.05) is 7.05 Å². The van der Waals surface area contributed by atoms with Gasteiger partial charge in [-0.2, -0.15) is 0 Å². The van der Waals surface area contributed by atoms with Gasteiger partial charge >= 0.3 is 0 Å². The lowest BCUT2D eigenvalue weighted by Crippen LogP contribution is -2.19. The molecule has 2 rings (SSSR count). The molecule has 0 aliphatic rings. The minimum absolute atomic E-state index is 0.124. The van der Waals surface area contributed by atoms with E-state index in [2.05, 4.69) is 37.2 Å². The number of hydrogen-bond acceptors (Lipinski definition) is 1. The van der Waals surface area contributed by atoms with E-state index in [1.165, 1.54) is 6.07 Å². The highest BCUT2D eigenvalue weighted by molar-refractivity contribution is 9.10. The quantitative estimate of drug-likeness (QED) is 0.701. The van der Waals surface area contributed by atoms with Crippen LogP contribution in [0.25, 0.3) is 0 Å². The standard InChI is InChI=1S/C15H13Br2F2N/c1-8-3-4-9(5-11(8)16)15(20-2)10-6-14(19)12(17)7-13(10)18/h3-7,15,20H,1-2H3. The van der Waals surface area contributed by atoms with Gasteiger partial charge in [0.1, 0.15) is 11.6 Å². The molecule has 0 amide bonds. The van der Waals surface area contributed by atoms with Gasteiger partial charge in [0.15, 0.2) is 0 Å². The Balaban J connectivity index is 2.52. The molecular formula is C15H13Br2F2N. The molecule has 5 heteroatoms. The smallest absolute Gasteiger partial charge is 0.137 e. The summed E-state index contributed by atoms with van der Waals surface area (Å²) in [6.45, 7) is 1.97. The molecule has 2 aromatic rings. The first kappa shape index (κ1) is 15.6. The van der Waals surface area contributed by atoms with Crippen LogP contribution in [0.5, 0.6) is 0 Å². The Kier molecular flexibility index (Phi) is 4.94. The number of benzene rings is 2. The minimum Gasteiger partial charge on any atom is -0.309 e. The fourth-order valence-corrected chi connectivity index (χ4v) is 2.76. The zero-order valence-electron chi connectivity index (χ0n) is 11.0. The first-order chi connectivity index (χ1) is 9.43. The predicted molar refractivity (Wildman–Crippen MR) is 83.8 cm³/mol. The van der Waals surface area contributed by atoms with Crippen LogP contribution in [0.15, 0.2) is 39.3 Å². The molecule has 0 saturated carbocycles. The third-order valence-electron chi connectivity index (χ3n) is 3.17. The Morgan fingerprint density at radius 3 is 2.30 bits per heavy atom. The van der Waals surface area contributed by atoms with Crippen LogP contribution in [0.2, 0.25) is 0 Å². The Morgan fingerprint density at radius 2 is 1.70 bits per heavy atom. The summed E-state index contributed by atoms with van der Waals surface area (Å²) in [7, 11) is 1.72. The predicted octanol–water partition coefficient (Wildman–Crippen LogP) is 5.11. The Labute approximate surface area is 133 Å². The van der Waals surface area contributed by atoms with Crippen molar-refractivity contribution in [1.29, 1.82) is 0 Å². The lowest BCUT2D eigenvalue weighted by Gasteiger charge is -2.19. The summed E-state index contributed by atoms with van der Waals surface area (Å²) < 4.78 is 28.8. The van der Waals surface area contributed by atoms with E-state index >= 15 is 0 Å². The maximum absolute atomic E-state index is 14.1. The van der Waals surface area contributed by atoms with Crippen LogP contribution < -0.4 is 5.32 Å². The molecule has 0 heterocycles. The highest BCUT2D eigenvalue weighted by Crippen LogP contribution is 2.30. The monoisotopic (exact) mass is 403 g/mol. The van der Waals surface area contributed by atoms with Crippen LogP contribution in [0.3, 0.4) is 0 Å². The van der Waals surface area contributed by atoms with Crippen molar-refractivity contribution < 1.29 is 8.78 Å². The Bertz CT molecular complexity index is 644. The van der Waals surface area contributed by atoms with Crippen LogP contribution in [0.4, 0.5) is 8.78 Å². The summed E-state index contributed by atoms with van der Waals surface area (Å²) in [5.74, 6) is -0.929. The molecule has 0 aromatic heterocycles. The molecule has 0 saturated heterocycles. The first-order valence-electron chi connectivity index (χ1n) is 6.01. The van der Waals surface area contributed by atoms with Gasteiger partial charge in [-0.3, -0.25) is 0 Å². The topological polar surface area (TPSA) is 12.0 Å². The Morgan fingerprint density at radius 1 is 1.00 bits per heavy atom. The van der Waals surface area contributed by atoms with Gasteiger partial charge in [-0.15, -0.1) is 0 Å². The summed E-state index contributed by atoms with van der Waals surface area (Å²) in [5, 5.41) is 3.03. The van der Waals surface area contributed by atoms with Crippen LogP contribution in [0.1, 0.15) is 22.7 Å². The van der Waals surface area contributed by atoms with Crippen LogP contribution >= 0.6 is 31.9 Å². The molecule has 1 atom stereocenters. The lowest BCUT2D eigenvalue weighted by molar-refractivity contribution is 0.554. The summed E-state index contributed by atoms with van der Waals surface area (Å²) in [4.78, 5) is 0. The van der Waals surface area contributed by atoms with Crippen molar-refractivity contribution >= 4 is 31.9 Å². The third kappa shape index (κ3) is 3.10. The summed E-state index contributed by atoms with van der Waals surface area (Å²) in [6, 6.07) is 7.72. The van der Waals surface area contributed by atoms with Gasteiger partial charge < -0.3 is 5.32 Å². The first-order valence-corrected chi connectivity index (χ1v) is 7.60. The molecule has 1 N–H and O–H groups in total. The summed E-state index contributed by atoms with van der Waals surface area (Å²) in [5.41, 5.74) is 2.24. The van der Waals surface area contributed by atoms with E-state index in [0.717, 1.165) is 21.7 Å². The van der Waals surface area contributed by atoms with Crippen LogP contribution in [-0.2, 0) is 0 Å². The average molecular weight is 405 g/mol. The van der Waals surface area contributed by atoms with E-state index in [9.17, 15) is 8.78 Å². The van der Waals surface area contributed by atoms with Crippen LogP contribution in [-0.4, -0.2) is 7.05 Å². The lowest BCUT2D eigenvalue weighted by atomic mass is 9.97. The molecule has 20 heavy (non-hydrogen) atoms. The van der Waals surface area contributed by atoms with Gasteiger partial charge in [0.05, 0.1) is 10.5 Å². The zero-order chi connectivity index (χ0) is 14.9. The molecule has 106 valence electrons. The number of hydrogen-bond donors (Lipinski definition) is 1. The highest BCUT2D eigenvalue weighted by atomic mass is 79.9. The molecule has 0 aliphatic heterocycles.